The largest absolute Gasteiger partial charge is 0.292 e. The van der Waals surface area contributed by atoms with Crippen molar-refractivity contribution in [3.8, 4) is 0 Å². The Kier molecular flexibility index (Phi) is 4.80. The topological polar surface area (TPSA) is 6.48 Å². The smallest absolute Gasteiger partial charge is 0.0724 e. The molecule has 0 aromatic heterocycles. The molecule has 0 bridgehead atoms. The van der Waals surface area contributed by atoms with E-state index in [-0.39, 0.29) is 5.66 Å². The highest BCUT2D eigenvalue weighted by atomic mass is 15.4. The Morgan fingerprint density at radius 1 is 0.917 bits per heavy atom. The van der Waals surface area contributed by atoms with Crippen molar-refractivity contribution in [3.63, 3.8) is 0 Å². The van der Waals surface area contributed by atoms with Crippen molar-refractivity contribution >= 4 is 0 Å². The highest BCUT2D eigenvalue weighted by Gasteiger charge is 2.31. The third kappa shape index (κ3) is 2.20. The highest BCUT2D eigenvalue weighted by molar-refractivity contribution is 4.82. The van der Waals surface area contributed by atoms with E-state index in [1.54, 1.807) is 0 Å². The lowest BCUT2D eigenvalue weighted by atomic mass is 9.98. The molecule has 0 saturated heterocycles. The fourth-order valence-electron chi connectivity index (χ4n) is 2.06. The molecule has 0 aliphatic rings. The van der Waals surface area contributed by atoms with Crippen molar-refractivity contribution in [3.05, 3.63) is 0 Å². The van der Waals surface area contributed by atoms with Gasteiger partial charge < -0.3 is 0 Å². The first-order valence-corrected chi connectivity index (χ1v) is 4.86. The van der Waals surface area contributed by atoms with Crippen LogP contribution in [0.4, 0.5) is 0 Å². The summed E-state index contributed by atoms with van der Waals surface area (Å²) in [5.41, 5.74) is 0.259. The molecular formula is C10H24N2. The Bertz CT molecular complexity index is 111. The average molecular weight is 172 g/mol. The Morgan fingerprint density at radius 3 is 1.42 bits per heavy atom. The van der Waals surface area contributed by atoms with E-state index in [1.807, 2.05) is 0 Å². The number of hydrogen-bond acceptors (Lipinski definition) is 2. The molecule has 0 spiro atoms. The van der Waals surface area contributed by atoms with Crippen molar-refractivity contribution in [1.82, 2.24) is 9.80 Å². The molecule has 2 nitrogen and oxygen atoms in total. The summed E-state index contributed by atoms with van der Waals surface area (Å²) in [5.74, 6) is 0. The Labute approximate surface area is 77.5 Å². The van der Waals surface area contributed by atoms with Gasteiger partial charge in [-0.3, -0.25) is 9.80 Å². The van der Waals surface area contributed by atoms with Gasteiger partial charge in [0.2, 0.25) is 0 Å². The summed E-state index contributed by atoms with van der Waals surface area (Å²) in [7, 11) is 8.66. The van der Waals surface area contributed by atoms with Crippen LogP contribution in [-0.4, -0.2) is 43.7 Å². The van der Waals surface area contributed by atoms with Crippen LogP contribution < -0.4 is 0 Å². The van der Waals surface area contributed by atoms with Gasteiger partial charge in [-0.05, 0) is 41.0 Å². The van der Waals surface area contributed by atoms with E-state index in [9.17, 15) is 0 Å². The molecule has 74 valence electrons. The summed E-state index contributed by atoms with van der Waals surface area (Å²) in [6, 6.07) is 0. The maximum atomic E-state index is 2.33. The maximum Gasteiger partial charge on any atom is 0.0724 e. The van der Waals surface area contributed by atoms with E-state index in [1.165, 1.54) is 19.3 Å². The van der Waals surface area contributed by atoms with Gasteiger partial charge in [-0.1, -0.05) is 20.3 Å². The first-order valence-electron chi connectivity index (χ1n) is 4.86. The van der Waals surface area contributed by atoms with Crippen molar-refractivity contribution in [2.75, 3.05) is 28.2 Å². The third-order valence-corrected chi connectivity index (χ3v) is 2.88. The van der Waals surface area contributed by atoms with Crippen molar-refractivity contribution < 1.29 is 0 Å². The fourth-order valence-corrected chi connectivity index (χ4v) is 2.06. The van der Waals surface area contributed by atoms with Crippen LogP contribution in [0.1, 0.15) is 33.1 Å². The van der Waals surface area contributed by atoms with E-state index < -0.39 is 0 Å². The van der Waals surface area contributed by atoms with Gasteiger partial charge in [0.15, 0.2) is 0 Å². The standard InChI is InChI=1S/C10H24N2/c1-7-9-10(8-2,11(3)4)12(5)6/h7-9H2,1-6H3. The molecule has 0 aliphatic carbocycles. The summed E-state index contributed by atoms with van der Waals surface area (Å²) in [6.07, 6.45) is 3.66. The van der Waals surface area contributed by atoms with Gasteiger partial charge >= 0.3 is 0 Å². The summed E-state index contributed by atoms with van der Waals surface area (Å²) in [6.45, 7) is 4.51. The first-order chi connectivity index (χ1) is 5.51. The highest BCUT2D eigenvalue weighted by Crippen LogP contribution is 2.25. The van der Waals surface area contributed by atoms with Crippen LogP contribution in [-0.2, 0) is 0 Å². The van der Waals surface area contributed by atoms with Gasteiger partial charge in [0.05, 0.1) is 5.66 Å². The molecule has 0 N–H and O–H groups in total. The average Bonchev–Trinajstić information content (AvgIpc) is 1.98. The van der Waals surface area contributed by atoms with Crippen LogP contribution in [0.3, 0.4) is 0 Å². The summed E-state index contributed by atoms with van der Waals surface area (Å²) in [5, 5.41) is 0. The number of nitrogens with zero attached hydrogens (tertiary/aromatic N) is 2. The van der Waals surface area contributed by atoms with E-state index >= 15 is 0 Å². The van der Waals surface area contributed by atoms with Gasteiger partial charge in [-0.25, -0.2) is 0 Å². The minimum absolute atomic E-state index is 0.259. The minimum Gasteiger partial charge on any atom is -0.292 e. The van der Waals surface area contributed by atoms with Gasteiger partial charge in [-0.2, -0.15) is 0 Å². The van der Waals surface area contributed by atoms with E-state index in [4.69, 9.17) is 0 Å². The lowest BCUT2D eigenvalue weighted by Gasteiger charge is -2.45. The second-order valence-electron chi connectivity index (χ2n) is 3.87. The molecule has 0 aromatic carbocycles. The van der Waals surface area contributed by atoms with Gasteiger partial charge in [0.25, 0.3) is 0 Å². The quantitative estimate of drug-likeness (QED) is 0.585. The van der Waals surface area contributed by atoms with E-state index in [0.717, 1.165) is 0 Å². The molecule has 0 unspecified atom stereocenters. The predicted octanol–water partition coefficient (Wildman–Crippen LogP) is 2.02. The Morgan fingerprint density at radius 2 is 1.33 bits per heavy atom. The molecule has 0 atom stereocenters. The fraction of sp³-hybridized carbons (Fsp3) is 1.00. The number of hydrogen-bond donors (Lipinski definition) is 0. The van der Waals surface area contributed by atoms with Crippen LogP contribution in [0.25, 0.3) is 0 Å². The van der Waals surface area contributed by atoms with Crippen molar-refractivity contribution in [2.45, 2.75) is 38.8 Å². The molecule has 0 aromatic rings. The molecule has 0 saturated carbocycles. The second kappa shape index (κ2) is 4.83. The van der Waals surface area contributed by atoms with Gasteiger partial charge in [0.1, 0.15) is 0 Å². The molecule has 0 fully saturated rings. The summed E-state index contributed by atoms with van der Waals surface area (Å²) >= 11 is 0. The Balaban J connectivity index is 4.51. The molecule has 0 aliphatic heterocycles. The van der Waals surface area contributed by atoms with Crippen molar-refractivity contribution in [1.29, 1.82) is 0 Å². The van der Waals surface area contributed by atoms with E-state index in [0.29, 0.717) is 0 Å². The van der Waals surface area contributed by atoms with Crippen LogP contribution in [0.5, 0.6) is 0 Å². The zero-order valence-corrected chi connectivity index (χ0v) is 9.52. The molecule has 0 heterocycles. The molecular weight excluding hydrogens is 148 g/mol. The normalized spacial score (nSPS) is 13.0. The minimum atomic E-state index is 0.259. The van der Waals surface area contributed by atoms with Crippen LogP contribution in [0.2, 0.25) is 0 Å². The predicted molar refractivity (Wildman–Crippen MR) is 55.3 cm³/mol. The summed E-state index contributed by atoms with van der Waals surface area (Å²) < 4.78 is 0. The monoisotopic (exact) mass is 172 g/mol. The van der Waals surface area contributed by atoms with Gasteiger partial charge in [-0.15, -0.1) is 0 Å². The zero-order valence-electron chi connectivity index (χ0n) is 9.52. The zero-order chi connectivity index (χ0) is 9.78. The Hall–Kier alpha value is -0.0800. The van der Waals surface area contributed by atoms with E-state index in [2.05, 4.69) is 51.8 Å². The maximum absolute atomic E-state index is 2.33. The molecule has 0 rings (SSSR count). The first kappa shape index (κ1) is 11.9. The van der Waals surface area contributed by atoms with Crippen molar-refractivity contribution in [2.24, 2.45) is 0 Å². The molecule has 0 amide bonds. The van der Waals surface area contributed by atoms with Crippen LogP contribution in [0.15, 0.2) is 0 Å². The summed E-state index contributed by atoms with van der Waals surface area (Å²) in [4.78, 5) is 4.66. The van der Waals surface area contributed by atoms with Crippen LogP contribution >= 0.6 is 0 Å². The number of rotatable bonds is 5. The molecule has 0 radical (unpaired) electrons. The third-order valence-electron chi connectivity index (χ3n) is 2.88. The van der Waals surface area contributed by atoms with Gasteiger partial charge in [0, 0.05) is 0 Å². The molecule has 12 heavy (non-hydrogen) atoms. The lowest BCUT2D eigenvalue weighted by Crippen LogP contribution is -2.54. The SMILES string of the molecule is CCCC(CC)(N(C)C)N(C)C. The van der Waals surface area contributed by atoms with Crippen LogP contribution in [0, 0.1) is 0 Å². The lowest BCUT2D eigenvalue weighted by molar-refractivity contribution is -0.00854. The molecule has 2 heteroatoms. The second-order valence-corrected chi connectivity index (χ2v) is 3.87.